The number of rotatable bonds is 7. The van der Waals surface area contributed by atoms with E-state index in [0.717, 1.165) is 16.9 Å². The van der Waals surface area contributed by atoms with Crippen LogP contribution >= 0.6 is 0 Å². The average Bonchev–Trinajstić information content (AvgIpc) is 2.62. The summed E-state index contributed by atoms with van der Waals surface area (Å²) in [5.74, 6) is 0.448. The Balaban J connectivity index is 1.95. The van der Waals surface area contributed by atoms with Gasteiger partial charge in [0.1, 0.15) is 17.5 Å². The summed E-state index contributed by atoms with van der Waals surface area (Å²) in [5.41, 5.74) is 0.990. The Morgan fingerprint density at radius 1 is 1.12 bits per heavy atom. The van der Waals surface area contributed by atoms with E-state index >= 15 is 0 Å². The van der Waals surface area contributed by atoms with E-state index in [1.807, 2.05) is 38.1 Å². The molecule has 0 aliphatic rings. The summed E-state index contributed by atoms with van der Waals surface area (Å²) in [4.78, 5) is 12.1. The molecule has 2 aromatic carbocycles. The van der Waals surface area contributed by atoms with Gasteiger partial charge in [0.05, 0.1) is 13.5 Å². The quantitative estimate of drug-likeness (QED) is 0.653. The summed E-state index contributed by atoms with van der Waals surface area (Å²) in [6, 6.07) is 14.4. The molecule has 0 saturated heterocycles. The molecular weight excluding hydrogens is 319 g/mol. The lowest BCUT2D eigenvalue weighted by atomic mass is 9.94. The Morgan fingerprint density at radius 3 is 2.24 bits per heavy atom. The number of hydrogen-bond acceptors (Lipinski definition) is 3. The monoisotopic (exact) mass is 344 g/mol. The molecule has 134 valence electrons. The normalized spacial score (nSPS) is 14.4. The standard InChI is InChI=1S/C21H25FO3/c1-5-21(3,22)18-10-6-16(7-11-18)14-20(23)25-15(2)17-8-12-19(24-4)13-9-17/h6-13,15H,5,14H2,1-4H3. The van der Waals surface area contributed by atoms with Gasteiger partial charge in [-0.15, -0.1) is 0 Å². The smallest absolute Gasteiger partial charge is 0.310 e. The van der Waals surface area contributed by atoms with Crippen LogP contribution < -0.4 is 4.74 Å². The molecule has 0 radical (unpaired) electrons. The molecule has 0 bridgehead atoms. The first-order chi connectivity index (χ1) is 11.9. The molecule has 0 aliphatic heterocycles. The first-order valence-corrected chi connectivity index (χ1v) is 8.47. The summed E-state index contributed by atoms with van der Waals surface area (Å²) < 4.78 is 24.9. The molecule has 25 heavy (non-hydrogen) atoms. The Hall–Kier alpha value is -2.36. The third kappa shape index (κ3) is 5.05. The van der Waals surface area contributed by atoms with Gasteiger partial charge in [-0.25, -0.2) is 4.39 Å². The number of esters is 1. The molecule has 0 heterocycles. The van der Waals surface area contributed by atoms with Gasteiger partial charge in [0, 0.05) is 0 Å². The van der Waals surface area contributed by atoms with Crippen molar-refractivity contribution in [3.63, 3.8) is 0 Å². The van der Waals surface area contributed by atoms with Crippen LogP contribution in [0.15, 0.2) is 48.5 Å². The molecule has 2 unspecified atom stereocenters. The van der Waals surface area contributed by atoms with Gasteiger partial charge in [0.15, 0.2) is 0 Å². The van der Waals surface area contributed by atoms with E-state index in [-0.39, 0.29) is 18.5 Å². The second kappa shape index (κ2) is 8.15. The maximum atomic E-state index is 14.3. The lowest BCUT2D eigenvalue weighted by Crippen LogP contribution is -2.14. The molecule has 0 amide bonds. The van der Waals surface area contributed by atoms with Crippen molar-refractivity contribution in [1.82, 2.24) is 0 Å². The lowest BCUT2D eigenvalue weighted by molar-refractivity contribution is -0.147. The Labute approximate surface area is 148 Å². The van der Waals surface area contributed by atoms with Crippen molar-refractivity contribution >= 4 is 5.97 Å². The summed E-state index contributed by atoms with van der Waals surface area (Å²) >= 11 is 0. The number of carbonyl (C=O) groups excluding carboxylic acids is 1. The van der Waals surface area contributed by atoms with Gasteiger partial charge in [-0.3, -0.25) is 4.79 Å². The van der Waals surface area contributed by atoms with Gasteiger partial charge >= 0.3 is 5.97 Å². The van der Waals surface area contributed by atoms with Crippen LogP contribution in [0, 0.1) is 0 Å². The molecule has 0 saturated carbocycles. The van der Waals surface area contributed by atoms with E-state index in [0.29, 0.717) is 12.0 Å². The number of hydrogen-bond donors (Lipinski definition) is 0. The first-order valence-electron chi connectivity index (χ1n) is 8.47. The fourth-order valence-corrected chi connectivity index (χ4v) is 2.52. The Morgan fingerprint density at radius 2 is 1.72 bits per heavy atom. The molecule has 4 heteroatoms. The second-order valence-electron chi connectivity index (χ2n) is 6.33. The molecule has 0 aliphatic carbocycles. The van der Waals surface area contributed by atoms with Crippen molar-refractivity contribution in [2.24, 2.45) is 0 Å². The zero-order valence-corrected chi connectivity index (χ0v) is 15.2. The number of halogens is 1. The topological polar surface area (TPSA) is 35.5 Å². The summed E-state index contributed by atoms with van der Waals surface area (Å²) in [7, 11) is 1.61. The third-order valence-corrected chi connectivity index (χ3v) is 4.46. The Bertz CT molecular complexity index is 690. The second-order valence-corrected chi connectivity index (χ2v) is 6.33. The van der Waals surface area contributed by atoms with Gasteiger partial charge in [-0.1, -0.05) is 43.3 Å². The average molecular weight is 344 g/mol. The van der Waals surface area contributed by atoms with Crippen LogP contribution in [0.1, 0.15) is 50.0 Å². The van der Waals surface area contributed by atoms with Gasteiger partial charge < -0.3 is 9.47 Å². The minimum absolute atomic E-state index is 0.163. The number of methoxy groups -OCH3 is 1. The summed E-state index contributed by atoms with van der Waals surface area (Å²) in [6.45, 7) is 5.21. The predicted octanol–water partition coefficient (Wildman–Crippen LogP) is 5.14. The zero-order valence-electron chi connectivity index (χ0n) is 15.2. The van der Waals surface area contributed by atoms with Crippen LogP contribution in [-0.2, 0) is 21.6 Å². The Kier molecular flexibility index (Phi) is 6.18. The SMILES string of the molecule is CCC(C)(F)c1ccc(CC(=O)OC(C)c2ccc(OC)cc2)cc1. The fourth-order valence-electron chi connectivity index (χ4n) is 2.52. The molecule has 0 N–H and O–H groups in total. The summed E-state index contributed by atoms with van der Waals surface area (Å²) in [5, 5.41) is 0. The van der Waals surface area contributed by atoms with Crippen molar-refractivity contribution < 1.29 is 18.7 Å². The maximum absolute atomic E-state index is 14.3. The van der Waals surface area contributed by atoms with E-state index in [2.05, 4.69) is 0 Å². The molecular formula is C21H25FO3. The highest BCUT2D eigenvalue weighted by molar-refractivity contribution is 5.72. The zero-order chi connectivity index (χ0) is 18.4. The van der Waals surface area contributed by atoms with Crippen molar-refractivity contribution in [3.8, 4) is 5.75 Å². The van der Waals surface area contributed by atoms with E-state index in [9.17, 15) is 9.18 Å². The number of ether oxygens (including phenoxy) is 2. The minimum atomic E-state index is -1.35. The molecule has 0 fully saturated rings. The van der Waals surface area contributed by atoms with Crippen LogP contribution in [0.5, 0.6) is 5.75 Å². The van der Waals surface area contributed by atoms with Gasteiger partial charge in [0.2, 0.25) is 0 Å². The van der Waals surface area contributed by atoms with E-state index < -0.39 is 5.67 Å². The van der Waals surface area contributed by atoms with Gasteiger partial charge in [-0.05, 0) is 49.1 Å². The maximum Gasteiger partial charge on any atom is 0.310 e. The number of carbonyl (C=O) groups is 1. The highest BCUT2D eigenvalue weighted by Gasteiger charge is 2.23. The van der Waals surface area contributed by atoms with Gasteiger partial charge in [0.25, 0.3) is 0 Å². The molecule has 0 spiro atoms. The predicted molar refractivity (Wildman–Crippen MR) is 96.4 cm³/mol. The van der Waals surface area contributed by atoms with E-state index in [1.165, 1.54) is 0 Å². The molecule has 0 aromatic heterocycles. The molecule has 3 nitrogen and oxygen atoms in total. The largest absolute Gasteiger partial charge is 0.497 e. The lowest BCUT2D eigenvalue weighted by Gasteiger charge is -2.19. The van der Waals surface area contributed by atoms with Crippen LogP contribution in [0.3, 0.4) is 0 Å². The van der Waals surface area contributed by atoms with Crippen LogP contribution in [0.2, 0.25) is 0 Å². The van der Waals surface area contributed by atoms with Crippen LogP contribution in [0.4, 0.5) is 4.39 Å². The number of alkyl halides is 1. The third-order valence-electron chi connectivity index (χ3n) is 4.46. The van der Waals surface area contributed by atoms with Crippen LogP contribution in [0.25, 0.3) is 0 Å². The molecule has 2 aromatic rings. The molecule has 2 rings (SSSR count). The number of benzene rings is 2. The van der Waals surface area contributed by atoms with E-state index in [1.54, 1.807) is 38.3 Å². The molecule has 2 atom stereocenters. The van der Waals surface area contributed by atoms with Crippen molar-refractivity contribution in [1.29, 1.82) is 0 Å². The van der Waals surface area contributed by atoms with Crippen LogP contribution in [-0.4, -0.2) is 13.1 Å². The summed E-state index contributed by atoms with van der Waals surface area (Å²) in [6.07, 6.45) is 0.232. The highest BCUT2D eigenvalue weighted by atomic mass is 19.1. The highest BCUT2D eigenvalue weighted by Crippen LogP contribution is 2.29. The fraction of sp³-hybridized carbons (Fsp3) is 0.381. The van der Waals surface area contributed by atoms with Gasteiger partial charge in [-0.2, -0.15) is 0 Å². The van der Waals surface area contributed by atoms with Crippen molar-refractivity contribution in [2.75, 3.05) is 7.11 Å². The van der Waals surface area contributed by atoms with Crippen molar-refractivity contribution in [3.05, 3.63) is 65.2 Å². The first kappa shape index (κ1) is 19.0. The minimum Gasteiger partial charge on any atom is -0.497 e. The van der Waals surface area contributed by atoms with Crippen molar-refractivity contribution in [2.45, 2.75) is 45.4 Å². The van der Waals surface area contributed by atoms with E-state index in [4.69, 9.17) is 9.47 Å².